The second-order valence-corrected chi connectivity index (χ2v) is 14.5. The number of Topliss-reactive ketones (excluding diaryl/α,β-unsaturated/α-hetero) is 1. The molecular weight excluding hydrogens is 753 g/mol. The van der Waals surface area contributed by atoms with Crippen LogP contribution in [-0.2, 0) is 23.9 Å². The fraction of sp³-hybridized carbons (Fsp3) is 0.250. The number of aromatic nitrogens is 4. The van der Waals surface area contributed by atoms with Gasteiger partial charge in [-0.2, -0.15) is 0 Å². The van der Waals surface area contributed by atoms with E-state index in [0.717, 1.165) is 57.3 Å². The molecule has 4 aromatic carbocycles. The number of carbonyl (C=O) groups is 5. The first-order chi connectivity index (χ1) is 28.7. The molecule has 15 nitrogen and oxygen atoms in total. The molecule has 0 saturated carbocycles. The number of hydrogen-bond acceptors (Lipinski definition) is 9. The number of alkyl carbamates (subject to hydrolysis) is 2. The average Bonchev–Trinajstić information content (AvgIpc) is 4.11. The maximum Gasteiger partial charge on any atom is 0.407 e. The van der Waals surface area contributed by atoms with Crippen molar-refractivity contribution < 1.29 is 33.4 Å². The molecule has 4 N–H and O–H groups in total. The predicted octanol–water partition coefficient (Wildman–Crippen LogP) is 6.25. The van der Waals surface area contributed by atoms with Gasteiger partial charge in [-0.05, 0) is 58.0 Å². The monoisotopic (exact) mass is 794 g/mol. The van der Waals surface area contributed by atoms with E-state index >= 15 is 0 Å². The van der Waals surface area contributed by atoms with Crippen LogP contribution in [0.5, 0.6) is 0 Å². The third-order valence-electron chi connectivity index (χ3n) is 10.9. The van der Waals surface area contributed by atoms with Crippen LogP contribution < -0.4 is 10.6 Å². The van der Waals surface area contributed by atoms with E-state index in [9.17, 15) is 24.0 Å². The molecule has 0 spiro atoms. The zero-order valence-electron chi connectivity index (χ0n) is 32.4. The first kappa shape index (κ1) is 38.6. The van der Waals surface area contributed by atoms with E-state index in [0.29, 0.717) is 23.8 Å². The fourth-order valence-corrected chi connectivity index (χ4v) is 7.85. The van der Waals surface area contributed by atoms with Crippen LogP contribution in [0.2, 0.25) is 0 Å². The number of fused-ring (bicyclic) bond motifs is 1. The number of imidazole rings is 2. The Bertz CT molecular complexity index is 2530. The molecule has 0 unspecified atom stereocenters. The molecule has 3 atom stereocenters. The number of benzene rings is 4. The Morgan fingerprint density at radius 2 is 1.36 bits per heavy atom. The third kappa shape index (κ3) is 8.12. The summed E-state index contributed by atoms with van der Waals surface area (Å²) in [6, 6.07) is 27.6. The molecule has 6 aromatic rings. The van der Waals surface area contributed by atoms with Gasteiger partial charge in [0.25, 0.3) is 5.91 Å². The second kappa shape index (κ2) is 16.7. The van der Waals surface area contributed by atoms with Crippen LogP contribution in [0, 0.1) is 0 Å². The van der Waals surface area contributed by atoms with Crippen LogP contribution in [0.4, 0.5) is 9.59 Å². The number of H-pyrrole nitrogens is 2. The van der Waals surface area contributed by atoms with Gasteiger partial charge in [0.15, 0.2) is 5.78 Å². The van der Waals surface area contributed by atoms with Crippen molar-refractivity contribution >= 4 is 40.6 Å². The Labute approximate surface area is 339 Å². The van der Waals surface area contributed by atoms with Crippen molar-refractivity contribution in [3.8, 4) is 33.6 Å². The SMILES string of the molecule is COC(=O)NCC(=O)N1CCC[C@H]1c1ncc(-c2ccc(-c3ccc4cc(-c5cnc([C@@H]6CC(=O)CN6C(=O)[C@H](NC(=O)OC)c6ccccc6)[nH]5)ccc4c3)cc2)[nH]1. The first-order valence-corrected chi connectivity index (χ1v) is 19.3. The molecule has 2 fully saturated rings. The van der Waals surface area contributed by atoms with Crippen molar-refractivity contribution in [3.05, 3.63) is 121 Å². The van der Waals surface area contributed by atoms with E-state index in [4.69, 9.17) is 4.74 Å². The Hall–Kier alpha value is -7.29. The van der Waals surface area contributed by atoms with Gasteiger partial charge in [-0.15, -0.1) is 0 Å². The number of nitrogens with one attached hydrogen (secondary N) is 4. The number of amides is 4. The van der Waals surface area contributed by atoms with Gasteiger partial charge in [0.05, 0.1) is 56.6 Å². The molecular formula is C44H42N8O7. The van der Waals surface area contributed by atoms with E-state index < -0.39 is 30.2 Å². The smallest absolute Gasteiger partial charge is 0.407 e. The lowest BCUT2D eigenvalue weighted by Gasteiger charge is -2.27. The van der Waals surface area contributed by atoms with E-state index in [2.05, 4.69) is 77.8 Å². The molecule has 2 saturated heterocycles. The lowest BCUT2D eigenvalue weighted by molar-refractivity contribution is -0.135. The Morgan fingerprint density at radius 3 is 2.05 bits per heavy atom. The summed E-state index contributed by atoms with van der Waals surface area (Å²) in [6.45, 7) is 0.361. The third-order valence-corrected chi connectivity index (χ3v) is 10.9. The van der Waals surface area contributed by atoms with Gasteiger partial charge in [-0.3, -0.25) is 14.4 Å². The lowest BCUT2D eigenvalue weighted by atomic mass is 9.98. The number of methoxy groups -OCH3 is 2. The minimum atomic E-state index is -1.04. The molecule has 0 radical (unpaired) electrons. The summed E-state index contributed by atoms with van der Waals surface area (Å²) in [5, 5.41) is 7.15. The van der Waals surface area contributed by atoms with Crippen LogP contribution in [0.1, 0.15) is 54.6 Å². The Balaban J connectivity index is 0.952. The molecule has 2 aromatic heterocycles. The predicted molar refractivity (Wildman–Crippen MR) is 217 cm³/mol. The van der Waals surface area contributed by atoms with Crippen molar-refractivity contribution in [2.45, 2.75) is 37.4 Å². The van der Waals surface area contributed by atoms with Gasteiger partial charge < -0.3 is 39.9 Å². The van der Waals surface area contributed by atoms with Crippen molar-refractivity contribution in [2.24, 2.45) is 0 Å². The summed E-state index contributed by atoms with van der Waals surface area (Å²) in [7, 11) is 2.49. The zero-order valence-corrected chi connectivity index (χ0v) is 32.4. The number of ether oxygens (including phenoxy) is 2. The normalized spacial score (nSPS) is 16.9. The van der Waals surface area contributed by atoms with Crippen LogP contribution in [0.15, 0.2) is 103 Å². The topological polar surface area (TPSA) is 192 Å². The summed E-state index contributed by atoms with van der Waals surface area (Å²) in [5.41, 5.74) is 6.11. The van der Waals surface area contributed by atoms with E-state index in [-0.39, 0.29) is 37.2 Å². The van der Waals surface area contributed by atoms with Crippen LogP contribution >= 0.6 is 0 Å². The standard InChI is InChI=1S/C44H42N8O7/c1-58-43(56)47-24-38(54)51-18-6-9-36(51)40-45-22-34(48-40)27-12-10-26(11-13-27)29-14-15-31-20-32(17-16-30(31)19-29)35-23-46-41(49-35)37-21-33(53)25-52(37)42(55)39(50-44(57)59-2)28-7-4-3-5-8-28/h3-5,7-8,10-17,19-20,22-23,36-37,39H,6,9,18,21,24-25H2,1-2H3,(H,45,48)(H,46,49)(H,47,56)(H,50,57)/t36-,37-,39+/m0/s1. The molecule has 59 heavy (non-hydrogen) atoms. The number of nitrogens with zero attached hydrogens (tertiary/aromatic N) is 4. The maximum absolute atomic E-state index is 13.9. The average molecular weight is 795 g/mol. The molecule has 4 amide bonds. The van der Waals surface area contributed by atoms with Crippen LogP contribution in [0.25, 0.3) is 44.4 Å². The molecule has 2 aliphatic rings. The van der Waals surface area contributed by atoms with Crippen molar-refractivity contribution in [1.29, 1.82) is 0 Å². The van der Waals surface area contributed by atoms with Crippen molar-refractivity contribution in [3.63, 3.8) is 0 Å². The lowest BCUT2D eigenvalue weighted by Crippen LogP contribution is -2.43. The minimum absolute atomic E-state index is 0.0978. The number of likely N-dealkylation sites (tertiary alicyclic amines) is 2. The molecule has 8 rings (SSSR count). The largest absolute Gasteiger partial charge is 0.453 e. The summed E-state index contributed by atoms with van der Waals surface area (Å²) < 4.78 is 9.37. The Morgan fingerprint density at radius 1 is 0.746 bits per heavy atom. The second-order valence-electron chi connectivity index (χ2n) is 14.5. The minimum Gasteiger partial charge on any atom is -0.453 e. The summed E-state index contributed by atoms with van der Waals surface area (Å²) in [4.78, 5) is 82.3. The highest BCUT2D eigenvalue weighted by molar-refractivity contribution is 5.94. The van der Waals surface area contributed by atoms with Crippen LogP contribution in [0.3, 0.4) is 0 Å². The van der Waals surface area contributed by atoms with Gasteiger partial charge in [0.2, 0.25) is 5.91 Å². The van der Waals surface area contributed by atoms with E-state index in [1.54, 1.807) is 41.6 Å². The first-order valence-electron chi connectivity index (χ1n) is 19.3. The highest BCUT2D eigenvalue weighted by Gasteiger charge is 2.40. The maximum atomic E-state index is 13.9. The molecule has 15 heteroatoms. The number of ketones is 1. The zero-order chi connectivity index (χ0) is 41.0. The van der Waals surface area contributed by atoms with Gasteiger partial charge in [-0.1, -0.05) is 78.9 Å². The van der Waals surface area contributed by atoms with Crippen LogP contribution in [-0.4, -0.2) is 93.4 Å². The van der Waals surface area contributed by atoms with E-state index in [1.165, 1.54) is 19.1 Å². The fourth-order valence-electron chi connectivity index (χ4n) is 7.85. The van der Waals surface area contributed by atoms with Gasteiger partial charge >= 0.3 is 12.2 Å². The molecule has 300 valence electrons. The highest BCUT2D eigenvalue weighted by Crippen LogP contribution is 2.35. The quantitative estimate of drug-likeness (QED) is 0.124. The molecule has 0 aliphatic carbocycles. The van der Waals surface area contributed by atoms with Gasteiger partial charge in [-0.25, -0.2) is 19.6 Å². The Kier molecular flexibility index (Phi) is 10.9. The highest BCUT2D eigenvalue weighted by atomic mass is 16.5. The van der Waals surface area contributed by atoms with Crippen molar-refractivity contribution in [2.75, 3.05) is 33.9 Å². The molecule has 2 aliphatic heterocycles. The summed E-state index contributed by atoms with van der Waals surface area (Å²) in [5.74, 6) is 0.464. The van der Waals surface area contributed by atoms with E-state index in [1.807, 2.05) is 24.3 Å². The number of carbonyl (C=O) groups excluding carboxylic acids is 5. The number of aromatic amines is 2. The molecule has 0 bridgehead atoms. The number of hydrogen-bond donors (Lipinski definition) is 4. The number of rotatable bonds is 10. The van der Waals surface area contributed by atoms with Gasteiger partial charge in [0, 0.05) is 18.5 Å². The van der Waals surface area contributed by atoms with Crippen molar-refractivity contribution in [1.82, 2.24) is 40.4 Å². The summed E-state index contributed by atoms with van der Waals surface area (Å²) in [6.07, 6.45) is 3.81. The van der Waals surface area contributed by atoms with Gasteiger partial charge in [0.1, 0.15) is 24.2 Å². The molecule has 4 heterocycles. The summed E-state index contributed by atoms with van der Waals surface area (Å²) >= 11 is 0.